The molecule has 1 rings (SSSR count). The molecule has 0 spiro atoms. The van der Waals surface area contributed by atoms with Crippen LogP contribution in [-0.4, -0.2) is 23.5 Å². The highest BCUT2D eigenvalue weighted by Crippen LogP contribution is 2.17. The first kappa shape index (κ1) is 13.2. The van der Waals surface area contributed by atoms with Crippen LogP contribution in [0.15, 0.2) is 6.07 Å². The maximum Gasteiger partial charge on any atom is 0.0625 e. The fraction of sp³-hybridized carbons (Fsp3) is 0.750. The molecule has 4 heteroatoms. The highest BCUT2D eigenvalue weighted by Gasteiger charge is 2.13. The lowest BCUT2D eigenvalue weighted by molar-refractivity contribution is 0.190. The van der Waals surface area contributed by atoms with Gasteiger partial charge in [0.15, 0.2) is 0 Å². The van der Waals surface area contributed by atoms with E-state index in [1.165, 1.54) is 0 Å². The number of methoxy groups -OCH3 is 1. The largest absolute Gasteiger partial charge is 0.385 e. The van der Waals surface area contributed by atoms with Crippen LogP contribution in [0.1, 0.15) is 44.1 Å². The molecular formula is C12H23N3O. The molecule has 1 aromatic rings. The van der Waals surface area contributed by atoms with E-state index in [9.17, 15) is 0 Å². The summed E-state index contributed by atoms with van der Waals surface area (Å²) in [6, 6.07) is 2.20. The van der Waals surface area contributed by atoms with Crippen molar-refractivity contribution in [3.05, 3.63) is 17.5 Å². The van der Waals surface area contributed by atoms with Gasteiger partial charge in [0.25, 0.3) is 0 Å². The molecule has 1 aromatic heterocycles. The summed E-state index contributed by atoms with van der Waals surface area (Å²) < 4.78 is 7.04. The highest BCUT2D eigenvalue weighted by atomic mass is 16.5. The van der Waals surface area contributed by atoms with Crippen molar-refractivity contribution in [2.45, 2.75) is 45.7 Å². The van der Waals surface area contributed by atoms with Crippen LogP contribution in [0.25, 0.3) is 0 Å². The number of aromatic nitrogens is 2. The van der Waals surface area contributed by atoms with Gasteiger partial charge in [0.2, 0.25) is 0 Å². The van der Waals surface area contributed by atoms with Gasteiger partial charge in [-0.3, -0.25) is 4.68 Å². The van der Waals surface area contributed by atoms with Crippen molar-refractivity contribution in [3.8, 4) is 0 Å². The second-order valence-electron chi connectivity index (χ2n) is 3.97. The lowest BCUT2D eigenvalue weighted by atomic mass is 10.1. The summed E-state index contributed by atoms with van der Waals surface area (Å²) in [5, 5.41) is 4.50. The lowest BCUT2D eigenvalue weighted by Gasteiger charge is -2.12. The Balaban J connectivity index is 2.65. The Morgan fingerprint density at radius 1 is 1.50 bits per heavy atom. The van der Waals surface area contributed by atoms with Gasteiger partial charge in [-0.1, -0.05) is 6.92 Å². The minimum Gasteiger partial charge on any atom is -0.385 e. The van der Waals surface area contributed by atoms with Gasteiger partial charge in [-0.2, -0.15) is 5.10 Å². The zero-order chi connectivity index (χ0) is 12.0. The van der Waals surface area contributed by atoms with Crippen molar-refractivity contribution in [1.29, 1.82) is 0 Å². The molecule has 0 saturated heterocycles. The Morgan fingerprint density at radius 3 is 2.81 bits per heavy atom. The van der Waals surface area contributed by atoms with Gasteiger partial charge in [0, 0.05) is 26.3 Å². The molecule has 16 heavy (non-hydrogen) atoms. The third-order valence-corrected chi connectivity index (χ3v) is 2.77. The molecule has 0 aliphatic rings. The molecule has 1 unspecified atom stereocenters. The predicted molar refractivity (Wildman–Crippen MR) is 65.3 cm³/mol. The van der Waals surface area contributed by atoms with E-state index in [2.05, 4.69) is 25.0 Å². The van der Waals surface area contributed by atoms with E-state index in [1.54, 1.807) is 7.11 Å². The summed E-state index contributed by atoms with van der Waals surface area (Å²) >= 11 is 0. The van der Waals surface area contributed by atoms with Crippen molar-refractivity contribution in [1.82, 2.24) is 9.78 Å². The first-order valence-electron chi connectivity index (χ1n) is 6.04. The van der Waals surface area contributed by atoms with Gasteiger partial charge in [-0.05, 0) is 32.3 Å². The van der Waals surface area contributed by atoms with Crippen LogP contribution >= 0.6 is 0 Å². The van der Waals surface area contributed by atoms with E-state index in [1.807, 2.05) is 4.68 Å². The molecule has 4 nitrogen and oxygen atoms in total. The Morgan fingerprint density at radius 2 is 2.25 bits per heavy atom. The third-order valence-electron chi connectivity index (χ3n) is 2.77. The van der Waals surface area contributed by atoms with E-state index in [-0.39, 0.29) is 6.04 Å². The minimum absolute atomic E-state index is 0.0721. The predicted octanol–water partition coefficient (Wildman–Crippen LogP) is 1.89. The average molecular weight is 225 g/mol. The second-order valence-corrected chi connectivity index (χ2v) is 3.97. The molecule has 92 valence electrons. The summed E-state index contributed by atoms with van der Waals surface area (Å²) in [5.41, 5.74) is 8.44. The van der Waals surface area contributed by atoms with Crippen LogP contribution in [0.2, 0.25) is 0 Å². The van der Waals surface area contributed by atoms with Gasteiger partial charge in [-0.15, -0.1) is 0 Å². The summed E-state index contributed by atoms with van der Waals surface area (Å²) in [4.78, 5) is 0. The molecule has 2 N–H and O–H groups in total. The van der Waals surface area contributed by atoms with Gasteiger partial charge >= 0.3 is 0 Å². The van der Waals surface area contributed by atoms with Crippen molar-refractivity contribution in [3.63, 3.8) is 0 Å². The van der Waals surface area contributed by atoms with Crippen LogP contribution < -0.4 is 5.73 Å². The van der Waals surface area contributed by atoms with Crippen LogP contribution in [0.3, 0.4) is 0 Å². The quantitative estimate of drug-likeness (QED) is 0.721. The maximum atomic E-state index is 6.16. The van der Waals surface area contributed by atoms with Crippen molar-refractivity contribution < 1.29 is 4.74 Å². The molecule has 1 atom stereocenters. The average Bonchev–Trinajstić information content (AvgIpc) is 2.72. The van der Waals surface area contributed by atoms with Crippen LogP contribution in [0.5, 0.6) is 0 Å². The fourth-order valence-corrected chi connectivity index (χ4v) is 1.81. The smallest absolute Gasteiger partial charge is 0.0625 e. The second kappa shape index (κ2) is 6.66. The Hall–Kier alpha value is -0.870. The molecule has 0 aromatic carbocycles. The summed E-state index contributed by atoms with van der Waals surface area (Å²) in [5.74, 6) is 0. The normalized spacial score (nSPS) is 13.0. The van der Waals surface area contributed by atoms with E-state index < -0.39 is 0 Å². The maximum absolute atomic E-state index is 6.16. The molecule has 0 bridgehead atoms. The Labute approximate surface area is 97.8 Å². The van der Waals surface area contributed by atoms with Crippen LogP contribution in [0.4, 0.5) is 0 Å². The molecule has 0 aliphatic heterocycles. The number of hydrogen-bond acceptors (Lipinski definition) is 3. The van der Waals surface area contributed by atoms with Gasteiger partial charge in [0.1, 0.15) is 0 Å². The van der Waals surface area contributed by atoms with E-state index in [4.69, 9.17) is 10.5 Å². The number of nitrogens with two attached hydrogens (primary N) is 1. The molecule has 0 radical (unpaired) electrons. The number of ether oxygens (including phenoxy) is 1. The van der Waals surface area contributed by atoms with Gasteiger partial charge < -0.3 is 10.5 Å². The first-order chi connectivity index (χ1) is 7.72. The zero-order valence-electron chi connectivity index (χ0n) is 10.6. The Kier molecular flexibility index (Phi) is 5.49. The number of rotatable bonds is 7. The molecule has 0 aliphatic carbocycles. The van der Waals surface area contributed by atoms with Crippen molar-refractivity contribution in [2.24, 2.45) is 5.73 Å². The number of hydrogen-bond donors (Lipinski definition) is 1. The fourth-order valence-electron chi connectivity index (χ4n) is 1.81. The van der Waals surface area contributed by atoms with Crippen LogP contribution in [0, 0.1) is 0 Å². The number of nitrogens with zero attached hydrogens (tertiary/aromatic N) is 2. The van der Waals surface area contributed by atoms with Gasteiger partial charge in [0.05, 0.1) is 11.4 Å². The van der Waals surface area contributed by atoms with Crippen molar-refractivity contribution >= 4 is 0 Å². The highest BCUT2D eigenvalue weighted by molar-refractivity contribution is 5.14. The van der Waals surface area contributed by atoms with Gasteiger partial charge in [-0.25, -0.2) is 0 Å². The Bertz CT molecular complexity index is 309. The van der Waals surface area contributed by atoms with E-state index in [0.717, 1.165) is 43.8 Å². The first-order valence-corrected chi connectivity index (χ1v) is 6.04. The minimum atomic E-state index is 0.0721. The molecule has 1 heterocycles. The van der Waals surface area contributed by atoms with E-state index >= 15 is 0 Å². The zero-order valence-corrected chi connectivity index (χ0v) is 10.6. The molecule has 0 amide bonds. The molecular weight excluding hydrogens is 202 g/mol. The summed E-state index contributed by atoms with van der Waals surface area (Å²) in [7, 11) is 1.72. The van der Waals surface area contributed by atoms with Crippen molar-refractivity contribution in [2.75, 3.05) is 13.7 Å². The summed E-state index contributed by atoms with van der Waals surface area (Å²) in [6.45, 7) is 5.86. The molecule has 0 fully saturated rings. The third kappa shape index (κ3) is 3.32. The topological polar surface area (TPSA) is 53.1 Å². The monoisotopic (exact) mass is 225 g/mol. The SMILES string of the molecule is CCc1cc(C(N)CCCOC)n(CC)n1. The van der Waals surface area contributed by atoms with E-state index in [0.29, 0.717) is 0 Å². The standard InChI is InChI=1S/C12H23N3O/c1-4-10-9-12(15(5-2)14-10)11(13)7-6-8-16-3/h9,11H,4-8,13H2,1-3H3. The van der Waals surface area contributed by atoms with Crippen LogP contribution in [-0.2, 0) is 17.7 Å². The molecule has 0 saturated carbocycles. The summed E-state index contributed by atoms with van der Waals surface area (Å²) in [6.07, 6.45) is 2.90. The lowest BCUT2D eigenvalue weighted by Crippen LogP contribution is -2.16. The number of aryl methyl sites for hydroxylation is 2.